The maximum absolute atomic E-state index is 11.7. The molecule has 2 amide bonds. The predicted molar refractivity (Wildman–Crippen MR) is 75.1 cm³/mol. The monoisotopic (exact) mass is 273 g/mol. The Labute approximate surface area is 115 Å². The molecular weight excluding hydrogens is 258 g/mol. The standard InChI is InChI=1S/C14H15N3O3/c1-9(18)8-16-13(19)14(20)17-12-6-2-5-11-10(12)4-3-7-15-11/h2-7,9,18H,8H2,1H3,(H,16,19)(H,17,20)/t9-/m0/s1. The fourth-order valence-electron chi connectivity index (χ4n) is 1.71. The number of rotatable bonds is 3. The highest BCUT2D eigenvalue weighted by Gasteiger charge is 2.15. The van der Waals surface area contributed by atoms with Crippen LogP contribution in [-0.4, -0.2) is 34.6 Å². The maximum atomic E-state index is 11.7. The first-order valence-corrected chi connectivity index (χ1v) is 6.19. The molecule has 0 unspecified atom stereocenters. The summed E-state index contributed by atoms with van der Waals surface area (Å²) >= 11 is 0. The van der Waals surface area contributed by atoms with Crippen molar-refractivity contribution in [1.82, 2.24) is 10.3 Å². The van der Waals surface area contributed by atoms with Crippen LogP contribution in [0.4, 0.5) is 5.69 Å². The molecule has 3 N–H and O–H groups in total. The predicted octanol–water partition coefficient (Wildman–Crippen LogP) is 0.670. The van der Waals surface area contributed by atoms with Crippen LogP contribution in [0.2, 0.25) is 0 Å². The fourth-order valence-corrected chi connectivity index (χ4v) is 1.71. The minimum absolute atomic E-state index is 0.0311. The molecule has 0 spiro atoms. The van der Waals surface area contributed by atoms with Gasteiger partial charge in [0.15, 0.2) is 0 Å². The molecule has 0 saturated heterocycles. The number of hydrogen-bond donors (Lipinski definition) is 3. The average molecular weight is 273 g/mol. The Bertz CT molecular complexity index is 635. The lowest BCUT2D eigenvalue weighted by molar-refractivity contribution is -0.136. The molecule has 2 aromatic rings. The van der Waals surface area contributed by atoms with Gasteiger partial charge in [-0.2, -0.15) is 0 Å². The molecule has 1 heterocycles. The van der Waals surface area contributed by atoms with Crippen molar-refractivity contribution >= 4 is 28.4 Å². The van der Waals surface area contributed by atoms with Gasteiger partial charge in [-0.05, 0) is 31.2 Å². The first-order chi connectivity index (χ1) is 9.58. The molecule has 6 heteroatoms. The van der Waals surface area contributed by atoms with E-state index in [0.717, 1.165) is 10.9 Å². The highest BCUT2D eigenvalue weighted by atomic mass is 16.3. The van der Waals surface area contributed by atoms with E-state index in [1.54, 1.807) is 24.4 Å². The maximum Gasteiger partial charge on any atom is 0.313 e. The molecule has 0 fully saturated rings. The normalized spacial score (nSPS) is 11.9. The van der Waals surface area contributed by atoms with E-state index >= 15 is 0 Å². The number of nitrogens with one attached hydrogen (secondary N) is 2. The Hall–Kier alpha value is -2.47. The Morgan fingerprint density at radius 2 is 2.05 bits per heavy atom. The number of aromatic nitrogens is 1. The number of hydrogen-bond acceptors (Lipinski definition) is 4. The quantitative estimate of drug-likeness (QED) is 0.717. The third-order valence-electron chi connectivity index (χ3n) is 2.66. The van der Waals surface area contributed by atoms with Crippen molar-refractivity contribution in [3.8, 4) is 0 Å². The topological polar surface area (TPSA) is 91.3 Å². The lowest BCUT2D eigenvalue weighted by atomic mass is 10.2. The third kappa shape index (κ3) is 3.30. The molecule has 1 atom stereocenters. The van der Waals surface area contributed by atoms with Gasteiger partial charge in [0.1, 0.15) is 0 Å². The van der Waals surface area contributed by atoms with Crippen LogP contribution in [0.5, 0.6) is 0 Å². The van der Waals surface area contributed by atoms with Gasteiger partial charge in [0.05, 0.1) is 17.3 Å². The second-order valence-electron chi connectivity index (χ2n) is 4.39. The molecule has 2 rings (SSSR count). The molecule has 104 valence electrons. The lowest BCUT2D eigenvalue weighted by Gasteiger charge is -2.09. The van der Waals surface area contributed by atoms with Crippen molar-refractivity contribution in [2.75, 3.05) is 11.9 Å². The zero-order valence-corrected chi connectivity index (χ0v) is 11.0. The third-order valence-corrected chi connectivity index (χ3v) is 2.66. The number of nitrogens with zero attached hydrogens (tertiary/aromatic N) is 1. The molecule has 6 nitrogen and oxygen atoms in total. The van der Waals surface area contributed by atoms with Crippen LogP contribution in [-0.2, 0) is 9.59 Å². The summed E-state index contributed by atoms with van der Waals surface area (Å²) in [5.74, 6) is -1.56. The van der Waals surface area contributed by atoms with E-state index in [-0.39, 0.29) is 6.54 Å². The van der Waals surface area contributed by atoms with Gasteiger partial charge in [0, 0.05) is 18.1 Å². The summed E-state index contributed by atoms with van der Waals surface area (Å²) in [5, 5.41) is 14.7. The number of pyridine rings is 1. The molecule has 0 aliphatic rings. The molecule has 0 radical (unpaired) electrons. The van der Waals surface area contributed by atoms with Crippen LogP contribution in [0.3, 0.4) is 0 Å². The second-order valence-corrected chi connectivity index (χ2v) is 4.39. The van der Waals surface area contributed by atoms with E-state index in [4.69, 9.17) is 5.11 Å². The van der Waals surface area contributed by atoms with Crippen LogP contribution in [0.15, 0.2) is 36.5 Å². The minimum atomic E-state index is -0.785. The summed E-state index contributed by atoms with van der Waals surface area (Å²) in [6.45, 7) is 1.55. The number of amides is 2. The minimum Gasteiger partial charge on any atom is -0.392 e. The van der Waals surface area contributed by atoms with Gasteiger partial charge < -0.3 is 15.7 Å². The molecule has 1 aromatic carbocycles. The fraction of sp³-hybridized carbons (Fsp3) is 0.214. The summed E-state index contributed by atoms with van der Waals surface area (Å²) in [7, 11) is 0. The number of benzene rings is 1. The van der Waals surface area contributed by atoms with Gasteiger partial charge in [0.25, 0.3) is 0 Å². The van der Waals surface area contributed by atoms with Gasteiger partial charge in [-0.15, -0.1) is 0 Å². The molecule has 0 aliphatic heterocycles. The first-order valence-electron chi connectivity index (χ1n) is 6.19. The van der Waals surface area contributed by atoms with Crippen molar-refractivity contribution in [3.05, 3.63) is 36.5 Å². The number of fused-ring (bicyclic) bond motifs is 1. The Kier molecular flexibility index (Phi) is 4.27. The van der Waals surface area contributed by atoms with E-state index < -0.39 is 17.9 Å². The molecule has 1 aromatic heterocycles. The molecular formula is C14H15N3O3. The smallest absolute Gasteiger partial charge is 0.313 e. The Morgan fingerprint density at radius 3 is 2.80 bits per heavy atom. The van der Waals surface area contributed by atoms with Gasteiger partial charge in [-0.1, -0.05) is 6.07 Å². The Morgan fingerprint density at radius 1 is 1.25 bits per heavy atom. The van der Waals surface area contributed by atoms with E-state index in [9.17, 15) is 9.59 Å². The van der Waals surface area contributed by atoms with E-state index in [2.05, 4.69) is 15.6 Å². The zero-order chi connectivity index (χ0) is 14.5. The number of anilines is 1. The highest BCUT2D eigenvalue weighted by molar-refractivity contribution is 6.40. The average Bonchev–Trinajstić information content (AvgIpc) is 2.45. The van der Waals surface area contributed by atoms with Crippen LogP contribution < -0.4 is 10.6 Å². The van der Waals surface area contributed by atoms with Gasteiger partial charge in [-0.3, -0.25) is 14.6 Å². The molecule has 0 saturated carbocycles. The summed E-state index contributed by atoms with van der Waals surface area (Å²) in [6, 6.07) is 8.83. The number of aliphatic hydroxyl groups is 1. The number of carbonyl (C=O) groups is 2. The van der Waals surface area contributed by atoms with Crippen molar-refractivity contribution in [3.63, 3.8) is 0 Å². The summed E-state index contributed by atoms with van der Waals surface area (Å²) in [4.78, 5) is 27.5. The van der Waals surface area contributed by atoms with Gasteiger partial charge >= 0.3 is 11.8 Å². The van der Waals surface area contributed by atoms with E-state index in [1.165, 1.54) is 6.92 Å². The second kappa shape index (κ2) is 6.12. The van der Waals surface area contributed by atoms with Gasteiger partial charge in [0.2, 0.25) is 0 Å². The van der Waals surface area contributed by atoms with Crippen LogP contribution in [0.1, 0.15) is 6.92 Å². The zero-order valence-electron chi connectivity index (χ0n) is 11.0. The van der Waals surface area contributed by atoms with E-state index in [0.29, 0.717) is 5.69 Å². The van der Waals surface area contributed by atoms with Crippen molar-refractivity contribution < 1.29 is 14.7 Å². The van der Waals surface area contributed by atoms with E-state index in [1.807, 2.05) is 12.1 Å². The Balaban J connectivity index is 2.12. The van der Waals surface area contributed by atoms with Crippen molar-refractivity contribution in [2.24, 2.45) is 0 Å². The van der Waals surface area contributed by atoms with Crippen LogP contribution in [0.25, 0.3) is 10.9 Å². The molecule has 20 heavy (non-hydrogen) atoms. The summed E-state index contributed by atoms with van der Waals surface area (Å²) < 4.78 is 0. The summed E-state index contributed by atoms with van der Waals surface area (Å²) in [6.07, 6.45) is 0.956. The molecule has 0 aliphatic carbocycles. The summed E-state index contributed by atoms with van der Waals surface area (Å²) in [5.41, 5.74) is 1.25. The van der Waals surface area contributed by atoms with Crippen molar-refractivity contribution in [1.29, 1.82) is 0 Å². The van der Waals surface area contributed by atoms with Crippen LogP contribution >= 0.6 is 0 Å². The SMILES string of the molecule is C[C@H](O)CNC(=O)C(=O)Nc1cccc2ncccc12. The molecule has 0 bridgehead atoms. The number of aliphatic hydroxyl groups excluding tert-OH is 1. The highest BCUT2D eigenvalue weighted by Crippen LogP contribution is 2.20. The van der Waals surface area contributed by atoms with Crippen LogP contribution in [0, 0.1) is 0 Å². The first kappa shape index (κ1) is 14.0. The van der Waals surface area contributed by atoms with Gasteiger partial charge in [-0.25, -0.2) is 0 Å². The van der Waals surface area contributed by atoms with Crippen molar-refractivity contribution in [2.45, 2.75) is 13.0 Å². The largest absolute Gasteiger partial charge is 0.392 e. The lowest BCUT2D eigenvalue weighted by Crippen LogP contribution is -2.38. The number of carbonyl (C=O) groups excluding carboxylic acids is 2.